The Morgan fingerprint density at radius 3 is 2.11 bits per heavy atom. The highest BCUT2D eigenvalue weighted by Gasteiger charge is 2.26. The van der Waals surface area contributed by atoms with E-state index in [1.54, 1.807) is 0 Å². The SMILES string of the molecule is Cc1cc(C)c(C(=O)N2CCN(c3ccccc3C#N)CC2)cc1CN1CCN(c2ccccc2Cl)CC1. The van der Waals surface area contributed by atoms with Crippen molar-refractivity contribution in [2.24, 2.45) is 0 Å². The zero-order valence-electron chi connectivity index (χ0n) is 22.2. The minimum Gasteiger partial charge on any atom is -0.368 e. The maximum absolute atomic E-state index is 13.6. The molecule has 2 aliphatic heterocycles. The molecule has 7 heteroatoms. The van der Waals surface area contributed by atoms with Crippen molar-refractivity contribution >= 4 is 28.9 Å². The molecule has 1 amide bonds. The van der Waals surface area contributed by atoms with E-state index in [0.717, 1.165) is 73.3 Å². The van der Waals surface area contributed by atoms with Gasteiger partial charge in [-0.1, -0.05) is 41.9 Å². The third kappa shape index (κ3) is 5.50. The molecule has 3 aromatic carbocycles. The van der Waals surface area contributed by atoms with Crippen LogP contribution >= 0.6 is 11.6 Å². The predicted octanol–water partition coefficient (Wildman–Crippen LogP) is 5.11. The summed E-state index contributed by atoms with van der Waals surface area (Å²) in [5.41, 5.74) is 6.99. The molecule has 6 nitrogen and oxygen atoms in total. The maximum atomic E-state index is 13.6. The second kappa shape index (κ2) is 11.5. The minimum atomic E-state index is 0.0977. The molecule has 0 radical (unpaired) electrons. The fraction of sp³-hybridized carbons (Fsp3) is 0.355. The summed E-state index contributed by atoms with van der Waals surface area (Å²) in [6, 6.07) is 22.3. The lowest BCUT2D eigenvalue weighted by atomic mass is 9.98. The number of hydrogen-bond donors (Lipinski definition) is 0. The van der Waals surface area contributed by atoms with E-state index < -0.39 is 0 Å². The summed E-state index contributed by atoms with van der Waals surface area (Å²) in [5, 5.41) is 10.3. The van der Waals surface area contributed by atoms with Gasteiger partial charge >= 0.3 is 0 Å². The van der Waals surface area contributed by atoms with Crippen LogP contribution in [0.3, 0.4) is 0 Å². The first-order chi connectivity index (χ1) is 18.4. The van der Waals surface area contributed by atoms with Gasteiger partial charge in [-0.05, 0) is 60.9 Å². The van der Waals surface area contributed by atoms with Crippen LogP contribution in [0.5, 0.6) is 0 Å². The summed E-state index contributed by atoms with van der Waals surface area (Å²) < 4.78 is 0. The highest BCUT2D eigenvalue weighted by Crippen LogP contribution is 2.27. The molecular formula is C31H34ClN5O. The number of halogens is 1. The van der Waals surface area contributed by atoms with Crippen molar-refractivity contribution in [1.29, 1.82) is 5.26 Å². The van der Waals surface area contributed by atoms with Crippen molar-refractivity contribution in [2.75, 3.05) is 62.2 Å². The number of nitriles is 1. The second-order valence-corrected chi connectivity index (χ2v) is 10.6. The Kier molecular flexibility index (Phi) is 7.87. The topological polar surface area (TPSA) is 53.8 Å². The van der Waals surface area contributed by atoms with Crippen LogP contribution in [0.4, 0.5) is 11.4 Å². The van der Waals surface area contributed by atoms with Gasteiger partial charge in [0.25, 0.3) is 5.91 Å². The fourth-order valence-corrected chi connectivity index (χ4v) is 5.81. The number of carbonyl (C=O) groups is 1. The van der Waals surface area contributed by atoms with Gasteiger partial charge in [0.15, 0.2) is 0 Å². The molecule has 38 heavy (non-hydrogen) atoms. The number of nitrogens with zero attached hydrogens (tertiary/aromatic N) is 5. The number of anilines is 2. The van der Waals surface area contributed by atoms with Gasteiger partial charge < -0.3 is 14.7 Å². The van der Waals surface area contributed by atoms with Gasteiger partial charge in [0.05, 0.1) is 22.0 Å². The van der Waals surface area contributed by atoms with Gasteiger partial charge in [0.1, 0.15) is 6.07 Å². The summed E-state index contributed by atoms with van der Waals surface area (Å²) in [6.07, 6.45) is 0. The molecule has 3 aromatic rings. The third-order valence-electron chi connectivity index (χ3n) is 7.80. The molecule has 0 unspecified atom stereocenters. The maximum Gasteiger partial charge on any atom is 0.254 e. The van der Waals surface area contributed by atoms with E-state index in [1.165, 1.54) is 11.1 Å². The zero-order chi connectivity index (χ0) is 26.6. The lowest BCUT2D eigenvalue weighted by molar-refractivity contribution is 0.0746. The number of amides is 1. The molecule has 5 rings (SSSR count). The number of aryl methyl sites for hydroxylation is 2. The lowest BCUT2D eigenvalue weighted by Crippen LogP contribution is -2.49. The van der Waals surface area contributed by atoms with Gasteiger partial charge in [0.2, 0.25) is 0 Å². The van der Waals surface area contributed by atoms with E-state index in [1.807, 2.05) is 54.3 Å². The Morgan fingerprint density at radius 2 is 1.42 bits per heavy atom. The van der Waals surface area contributed by atoms with Crippen molar-refractivity contribution in [2.45, 2.75) is 20.4 Å². The predicted molar refractivity (Wildman–Crippen MR) is 154 cm³/mol. The Bertz CT molecular complexity index is 1350. The van der Waals surface area contributed by atoms with Crippen LogP contribution < -0.4 is 9.80 Å². The van der Waals surface area contributed by atoms with Crippen molar-refractivity contribution in [3.63, 3.8) is 0 Å². The largest absolute Gasteiger partial charge is 0.368 e. The van der Waals surface area contributed by atoms with E-state index in [4.69, 9.17) is 11.6 Å². The van der Waals surface area contributed by atoms with Crippen molar-refractivity contribution in [3.05, 3.63) is 93.5 Å². The Morgan fingerprint density at radius 1 is 0.816 bits per heavy atom. The first-order valence-electron chi connectivity index (χ1n) is 13.3. The van der Waals surface area contributed by atoms with Crippen molar-refractivity contribution in [1.82, 2.24) is 9.80 Å². The number of para-hydroxylation sites is 2. The highest BCUT2D eigenvalue weighted by molar-refractivity contribution is 6.33. The van der Waals surface area contributed by atoms with Gasteiger partial charge in [-0.2, -0.15) is 5.26 Å². The third-order valence-corrected chi connectivity index (χ3v) is 8.12. The number of benzene rings is 3. The standard InChI is InChI=1S/C31H34ClN5O/c1-23-19-24(2)27(31(38)37-17-15-35(16-18-37)29-9-5-3-7-25(29)21-33)20-26(23)22-34-11-13-36(14-12-34)30-10-6-4-8-28(30)32/h3-10,19-20H,11-18,22H2,1-2H3. The van der Waals surface area contributed by atoms with Gasteiger partial charge in [-0.3, -0.25) is 9.69 Å². The van der Waals surface area contributed by atoms with Crippen LogP contribution in [0.15, 0.2) is 60.7 Å². The summed E-state index contributed by atoms with van der Waals surface area (Å²) in [7, 11) is 0. The fourth-order valence-electron chi connectivity index (χ4n) is 5.56. The second-order valence-electron chi connectivity index (χ2n) is 10.2. The molecule has 0 atom stereocenters. The number of hydrogen-bond acceptors (Lipinski definition) is 5. The Labute approximate surface area is 230 Å². The van der Waals surface area contributed by atoms with Crippen LogP contribution in [0.25, 0.3) is 0 Å². The molecule has 0 aliphatic carbocycles. The summed E-state index contributed by atoms with van der Waals surface area (Å²) >= 11 is 6.42. The van der Waals surface area contributed by atoms with Crippen LogP contribution in [-0.2, 0) is 6.54 Å². The number of piperazine rings is 2. The highest BCUT2D eigenvalue weighted by atomic mass is 35.5. The van der Waals surface area contributed by atoms with E-state index in [0.29, 0.717) is 18.7 Å². The van der Waals surface area contributed by atoms with E-state index in [2.05, 4.69) is 45.9 Å². The monoisotopic (exact) mass is 527 g/mol. The Balaban J connectivity index is 1.23. The molecule has 0 bridgehead atoms. The molecule has 2 fully saturated rings. The molecular weight excluding hydrogens is 494 g/mol. The molecule has 2 aliphatic rings. The number of rotatable bonds is 5. The normalized spacial score (nSPS) is 16.4. The first kappa shape index (κ1) is 26.1. The zero-order valence-corrected chi connectivity index (χ0v) is 22.9. The Hall–Kier alpha value is -3.53. The van der Waals surface area contributed by atoms with Crippen molar-refractivity contribution < 1.29 is 4.79 Å². The minimum absolute atomic E-state index is 0.0977. The molecule has 0 aromatic heterocycles. The van der Waals surface area contributed by atoms with Crippen molar-refractivity contribution in [3.8, 4) is 6.07 Å². The first-order valence-corrected chi connectivity index (χ1v) is 13.7. The van der Waals surface area contributed by atoms with E-state index in [-0.39, 0.29) is 5.91 Å². The quantitative estimate of drug-likeness (QED) is 0.461. The van der Waals surface area contributed by atoms with Gasteiger partial charge in [-0.25, -0.2) is 0 Å². The van der Waals surface area contributed by atoms with E-state index in [9.17, 15) is 10.1 Å². The molecule has 0 N–H and O–H groups in total. The summed E-state index contributed by atoms with van der Waals surface area (Å²) in [6.45, 7) is 11.5. The van der Waals surface area contributed by atoms with Gasteiger partial charge in [-0.15, -0.1) is 0 Å². The molecule has 0 spiro atoms. The molecule has 0 saturated carbocycles. The van der Waals surface area contributed by atoms with Crippen LogP contribution in [-0.4, -0.2) is 68.1 Å². The van der Waals surface area contributed by atoms with Crippen LogP contribution in [0.1, 0.15) is 32.6 Å². The van der Waals surface area contributed by atoms with E-state index >= 15 is 0 Å². The van der Waals surface area contributed by atoms with Crippen LogP contribution in [0, 0.1) is 25.2 Å². The number of carbonyl (C=O) groups excluding carboxylic acids is 1. The average Bonchev–Trinajstić information content (AvgIpc) is 2.95. The average molecular weight is 528 g/mol. The molecule has 2 heterocycles. The molecule has 196 valence electrons. The molecule has 2 saturated heterocycles. The summed E-state index contributed by atoms with van der Waals surface area (Å²) in [5.74, 6) is 0.0977. The van der Waals surface area contributed by atoms with Gasteiger partial charge in [0, 0.05) is 64.5 Å². The smallest absolute Gasteiger partial charge is 0.254 e. The summed E-state index contributed by atoms with van der Waals surface area (Å²) in [4.78, 5) is 22.6. The lowest BCUT2D eigenvalue weighted by Gasteiger charge is -2.37. The van der Waals surface area contributed by atoms with Crippen LogP contribution in [0.2, 0.25) is 5.02 Å².